The van der Waals surface area contributed by atoms with Crippen LogP contribution in [0.15, 0.2) is 24.4 Å². The average Bonchev–Trinajstić information content (AvgIpc) is 2.98. The fourth-order valence-corrected chi connectivity index (χ4v) is 3.08. The minimum absolute atomic E-state index is 0.0294. The van der Waals surface area contributed by atoms with E-state index in [0.717, 1.165) is 0 Å². The summed E-state index contributed by atoms with van der Waals surface area (Å²) in [4.78, 5) is 4.27. The van der Waals surface area contributed by atoms with E-state index in [9.17, 15) is 9.65 Å². The lowest BCUT2D eigenvalue weighted by molar-refractivity contribution is 0.358. The molecule has 2 aromatic heterocycles. The Hall–Kier alpha value is -2.36. The van der Waals surface area contributed by atoms with E-state index in [0.29, 0.717) is 17.0 Å². The van der Waals surface area contributed by atoms with Crippen LogP contribution in [-0.2, 0) is 0 Å². The largest absolute Gasteiger partial charge is 0.366 e. The molecule has 0 spiro atoms. The summed E-state index contributed by atoms with van der Waals surface area (Å²) in [6, 6.07) is 6.42. The van der Waals surface area contributed by atoms with Crippen LogP contribution in [0, 0.1) is 22.6 Å². The molecule has 8 heteroatoms. The van der Waals surface area contributed by atoms with Gasteiger partial charge in [-0.15, -0.1) is 0 Å². The molecule has 0 fully saturated rings. The highest BCUT2D eigenvalue weighted by Crippen LogP contribution is 2.41. The summed E-state index contributed by atoms with van der Waals surface area (Å²) < 4.78 is 16.1. The lowest BCUT2D eigenvalue weighted by Gasteiger charge is -2.30. The second-order valence-corrected chi connectivity index (χ2v) is 8.13. The van der Waals surface area contributed by atoms with E-state index < -0.39 is 5.82 Å². The standard InChI is InChI=1S/C19H18Cl2FN5/c1-10(19(2,3)4)25-18-15(14-12(20)6-5-7-13(14)22)16(21)26-17-11(8-23)9-24-27(17)18/h5-7,9-10,25H,1-4H3. The van der Waals surface area contributed by atoms with E-state index in [-0.39, 0.29) is 32.8 Å². The Bertz CT molecular complexity index is 1040. The highest BCUT2D eigenvalue weighted by Gasteiger charge is 2.27. The molecule has 140 valence electrons. The van der Waals surface area contributed by atoms with Crippen molar-refractivity contribution in [3.63, 3.8) is 0 Å². The lowest BCUT2D eigenvalue weighted by Crippen LogP contribution is -2.32. The lowest BCUT2D eigenvalue weighted by atomic mass is 9.88. The van der Waals surface area contributed by atoms with Gasteiger partial charge in [0.15, 0.2) is 5.65 Å². The van der Waals surface area contributed by atoms with Crippen molar-refractivity contribution in [1.82, 2.24) is 14.6 Å². The van der Waals surface area contributed by atoms with E-state index in [1.54, 1.807) is 6.07 Å². The average molecular weight is 406 g/mol. The predicted octanol–water partition coefficient (Wildman–Crippen LogP) is 5.56. The van der Waals surface area contributed by atoms with Gasteiger partial charge < -0.3 is 5.32 Å². The maximum Gasteiger partial charge on any atom is 0.176 e. The molecule has 2 heterocycles. The first kappa shape index (κ1) is 19.4. The van der Waals surface area contributed by atoms with E-state index in [2.05, 4.69) is 36.2 Å². The third-order valence-corrected chi connectivity index (χ3v) is 5.18. The number of hydrogen-bond donors (Lipinski definition) is 1. The highest BCUT2D eigenvalue weighted by atomic mass is 35.5. The van der Waals surface area contributed by atoms with Crippen LogP contribution in [0.3, 0.4) is 0 Å². The number of nitrogens with zero attached hydrogens (tertiary/aromatic N) is 4. The molecule has 0 saturated heterocycles. The molecular weight excluding hydrogens is 388 g/mol. The molecule has 0 aliphatic rings. The van der Waals surface area contributed by atoms with Crippen molar-refractivity contribution >= 4 is 34.7 Å². The van der Waals surface area contributed by atoms with Crippen LogP contribution in [0.4, 0.5) is 10.2 Å². The van der Waals surface area contributed by atoms with Gasteiger partial charge >= 0.3 is 0 Å². The number of halogens is 3. The molecule has 0 amide bonds. The van der Waals surface area contributed by atoms with Gasteiger partial charge in [0, 0.05) is 11.6 Å². The molecule has 0 aliphatic heterocycles. The van der Waals surface area contributed by atoms with Crippen LogP contribution in [0.2, 0.25) is 10.2 Å². The van der Waals surface area contributed by atoms with Crippen LogP contribution in [0.1, 0.15) is 33.3 Å². The first-order valence-corrected chi connectivity index (χ1v) is 9.09. The van der Waals surface area contributed by atoms with E-state index >= 15 is 0 Å². The van der Waals surface area contributed by atoms with E-state index in [1.807, 2.05) is 13.0 Å². The smallest absolute Gasteiger partial charge is 0.176 e. The molecular formula is C19H18Cl2FN5. The number of benzene rings is 1. The molecule has 1 aromatic carbocycles. The zero-order valence-corrected chi connectivity index (χ0v) is 16.8. The van der Waals surface area contributed by atoms with Crippen molar-refractivity contribution in [1.29, 1.82) is 5.26 Å². The number of nitriles is 1. The number of rotatable bonds is 3. The number of hydrogen-bond acceptors (Lipinski definition) is 4. The van der Waals surface area contributed by atoms with Crippen LogP contribution in [-0.4, -0.2) is 20.6 Å². The van der Waals surface area contributed by atoms with Crippen molar-refractivity contribution in [2.24, 2.45) is 5.41 Å². The summed E-state index contributed by atoms with van der Waals surface area (Å²) >= 11 is 12.7. The summed E-state index contributed by atoms with van der Waals surface area (Å²) in [5.41, 5.74) is 0.896. The van der Waals surface area contributed by atoms with Crippen molar-refractivity contribution < 1.29 is 4.39 Å². The summed E-state index contributed by atoms with van der Waals surface area (Å²) in [7, 11) is 0. The third kappa shape index (κ3) is 3.45. The molecule has 1 atom stereocenters. The summed E-state index contributed by atoms with van der Waals surface area (Å²) in [6.07, 6.45) is 1.40. The Kier molecular flexibility index (Phi) is 5.02. The monoisotopic (exact) mass is 405 g/mol. The van der Waals surface area contributed by atoms with Crippen molar-refractivity contribution in [2.75, 3.05) is 5.32 Å². The second-order valence-electron chi connectivity index (χ2n) is 7.36. The van der Waals surface area contributed by atoms with Crippen LogP contribution in [0.5, 0.6) is 0 Å². The van der Waals surface area contributed by atoms with Gasteiger partial charge in [-0.25, -0.2) is 9.37 Å². The van der Waals surface area contributed by atoms with Crippen molar-refractivity contribution in [2.45, 2.75) is 33.7 Å². The van der Waals surface area contributed by atoms with E-state index in [4.69, 9.17) is 23.2 Å². The number of fused-ring (bicyclic) bond motifs is 1. The molecule has 0 radical (unpaired) electrons. The predicted molar refractivity (Wildman–Crippen MR) is 106 cm³/mol. The van der Waals surface area contributed by atoms with Gasteiger partial charge in [0.25, 0.3) is 0 Å². The molecule has 0 aliphatic carbocycles. The van der Waals surface area contributed by atoms with Gasteiger partial charge in [0.1, 0.15) is 28.4 Å². The molecule has 3 rings (SSSR count). The van der Waals surface area contributed by atoms with Gasteiger partial charge in [-0.3, -0.25) is 0 Å². The molecule has 0 saturated carbocycles. The van der Waals surface area contributed by atoms with Crippen LogP contribution >= 0.6 is 23.2 Å². The third-order valence-electron chi connectivity index (χ3n) is 4.59. The van der Waals surface area contributed by atoms with Gasteiger partial charge in [0.05, 0.1) is 16.8 Å². The quantitative estimate of drug-likeness (QED) is 0.579. The zero-order valence-electron chi connectivity index (χ0n) is 15.3. The van der Waals surface area contributed by atoms with Gasteiger partial charge in [-0.2, -0.15) is 14.9 Å². The highest BCUT2D eigenvalue weighted by molar-refractivity contribution is 6.36. The first-order valence-electron chi connectivity index (χ1n) is 8.33. The van der Waals surface area contributed by atoms with Crippen molar-refractivity contribution in [3.05, 3.63) is 46.0 Å². The van der Waals surface area contributed by atoms with Crippen LogP contribution in [0.25, 0.3) is 16.8 Å². The maximum absolute atomic E-state index is 14.7. The number of nitrogens with one attached hydrogen (secondary N) is 1. The van der Waals surface area contributed by atoms with Gasteiger partial charge in [-0.1, -0.05) is 50.0 Å². The molecule has 3 aromatic rings. The Morgan fingerprint density at radius 2 is 1.96 bits per heavy atom. The Balaban J connectivity index is 2.38. The van der Waals surface area contributed by atoms with Gasteiger partial charge in [-0.05, 0) is 24.5 Å². The summed E-state index contributed by atoms with van der Waals surface area (Å²) in [5, 5.41) is 17.2. The molecule has 0 bridgehead atoms. The number of aromatic nitrogens is 3. The normalized spacial score (nSPS) is 12.8. The van der Waals surface area contributed by atoms with Crippen LogP contribution < -0.4 is 5.32 Å². The molecule has 1 N–H and O–H groups in total. The first-order chi connectivity index (χ1) is 12.6. The minimum atomic E-state index is -0.523. The summed E-state index contributed by atoms with van der Waals surface area (Å²) in [6.45, 7) is 8.22. The summed E-state index contributed by atoms with van der Waals surface area (Å²) in [5.74, 6) is -0.0920. The fourth-order valence-electron chi connectivity index (χ4n) is 2.56. The molecule has 5 nitrogen and oxygen atoms in total. The minimum Gasteiger partial charge on any atom is -0.366 e. The topological polar surface area (TPSA) is 66.0 Å². The second kappa shape index (κ2) is 6.99. The van der Waals surface area contributed by atoms with E-state index in [1.165, 1.54) is 22.8 Å². The Morgan fingerprint density at radius 1 is 1.26 bits per heavy atom. The van der Waals surface area contributed by atoms with Gasteiger partial charge in [0.2, 0.25) is 0 Å². The SMILES string of the molecule is CC(Nc1c(-c2c(F)cccc2Cl)c(Cl)nc2c(C#N)cnn12)C(C)(C)C. The zero-order chi connectivity index (χ0) is 19.9. The maximum atomic E-state index is 14.7. The van der Waals surface area contributed by atoms with Crippen molar-refractivity contribution in [3.8, 4) is 17.2 Å². The fraction of sp³-hybridized carbons (Fsp3) is 0.316. The number of anilines is 1. The molecule has 1 unspecified atom stereocenters. The molecule has 27 heavy (non-hydrogen) atoms. The Morgan fingerprint density at radius 3 is 2.56 bits per heavy atom. The Labute approximate surface area is 166 Å².